The van der Waals surface area contributed by atoms with Crippen molar-refractivity contribution in [1.29, 1.82) is 0 Å². The largest absolute Gasteiger partial charge is 0.455 e. The van der Waals surface area contributed by atoms with Gasteiger partial charge in [0.1, 0.15) is 11.2 Å². The average molecular weight is 1000 g/mol. The molecule has 0 N–H and O–H groups in total. The summed E-state index contributed by atoms with van der Waals surface area (Å²) in [5, 5.41) is 2.22. The standard InChI is InChI=1S/C74H59BN2O/c1-73(2,3)57-34-36-64-66(46-57)76(59-40-52(48-22-11-7-12-23-48)38-53(41-59)49-24-13-8-14-25-49)68-44-56(61-31-21-32-63-62-30-19-20-33-70(62)78-72(61)63)45-69-71(68)75(64)65-37-35-58(74(4,5)6)47-67(65)77(69)60-42-54(50-26-15-9-16-27-50)39-55(43-60)51-28-17-10-18-29-51/h7-47H,1-6H3. The Balaban J connectivity index is 1.14. The summed E-state index contributed by atoms with van der Waals surface area (Å²) in [6, 6.07) is 92.5. The molecule has 14 rings (SSSR count). The number of benzene rings is 11. The van der Waals surface area contributed by atoms with E-state index in [0.717, 1.165) is 78.1 Å². The van der Waals surface area contributed by atoms with E-state index >= 15 is 0 Å². The highest BCUT2D eigenvalue weighted by Crippen LogP contribution is 2.50. The van der Waals surface area contributed by atoms with Gasteiger partial charge in [0.25, 0.3) is 6.71 Å². The van der Waals surface area contributed by atoms with Gasteiger partial charge in [0.15, 0.2) is 0 Å². The van der Waals surface area contributed by atoms with Crippen LogP contribution in [0.1, 0.15) is 52.7 Å². The Morgan fingerprint density at radius 1 is 0.321 bits per heavy atom. The molecular formula is C74H59BN2O. The first-order valence-corrected chi connectivity index (χ1v) is 27.4. The van der Waals surface area contributed by atoms with Crippen molar-refractivity contribution in [2.24, 2.45) is 0 Å². The van der Waals surface area contributed by atoms with Gasteiger partial charge in [-0.25, -0.2) is 0 Å². The number of fused-ring (bicyclic) bond motifs is 7. The average Bonchev–Trinajstić information content (AvgIpc) is 3.47. The Kier molecular flexibility index (Phi) is 11.1. The Morgan fingerprint density at radius 3 is 1.14 bits per heavy atom. The number of hydrogen-bond acceptors (Lipinski definition) is 3. The van der Waals surface area contributed by atoms with Crippen molar-refractivity contribution in [3.05, 3.63) is 260 Å². The molecular weight excluding hydrogens is 944 g/mol. The van der Waals surface area contributed by atoms with Crippen molar-refractivity contribution in [3.63, 3.8) is 0 Å². The van der Waals surface area contributed by atoms with Crippen LogP contribution in [0.5, 0.6) is 0 Å². The number of anilines is 6. The Hall–Kier alpha value is -9.12. The predicted molar refractivity (Wildman–Crippen MR) is 332 cm³/mol. The SMILES string of the molecule is CC(C)(C)c1ccc2c(c1)N(c1cc(-c3ccccc3)cc(-c3ccccc3)c1)c1cc(-c3cccc4c3oc3ccccc34)cc3c1B2c1ccc(C(C)(C)C)cc1N3c1cc(-c2ccccc2)cc(-c2ccccc2)c1. The molecule has 0 unspecified atom stereocenters. The quantitative estimate of drug-likeness (QED) is 0.148. The van der Waals surface area contributed by atoms with E-state index in [1.54, 1.807) is 0 Å². The van der Waals surface area contributed by atoms with Crippen LogP contribution in [0.15, 0.2) is 253 Å². The minimum absolute atomic E-state index is 0.0941. The molecule has 3 heterocycles. The summed E-state index contributed by atoms with van der Waals surface area (Å²) in [7, 11) is 0. The first kappa shape index (κ1) is 47.3. The van der Waals surface area contributed by atoms with Crippen molar-refractivity contribution in [3.8, 4) is 55.6 Å². The van der Waals surface area contributed by atoms with E-state index < -0.39 is 0 Å². The maximum absolute atomic E-state index is 6.96. The van der Waals surface area contributed by atoms with E-state index in [1.807, 2.05) is 0 Å². The van der Waals surface area contributed by atoms with Crippen LogP contribution in [0.4, 0.5) is 34.1 Å². The van der Waals surface area contributed by atoms with E-state index in [0.29, 0.717) is 0 Å². The van der Waals surface area contributed by atoms with E-state index in [2.05, 4.69) is 300 Å². The highest BCUT2D eigenvalue weighted by atomic mass is 16.3. The van der Waals surface area contributed by atoms with Crippen LogP contribution in [0.2, 0.25) is 0 Å². The van der Waals surface area contributed by atoms with Gasteiger partial charge in [-0.1, -0.05) is 224 Å². The van der Waals surface area contributed by atoms with Crippen LogP contribution < -0.4 is 26.2 Å². The maximum atomic E-state index is 6.96. The third-order valence-electron chi connectivity index (χ3n) is 16.3. The molecule has 78 heavy (non-hydrogen) atoms. The normalized spacial score (nSPS) is 12.9. The second-order valence-electron chi connectivity index (χ2n) is 23.4. The van der Waals surface area contributed by atoms with E-state index in [1.165, 1.54) is 61.1 Å². The molecule has 0 fully saturated rings. The van der Waals surface area contributed by atoms with E-state index in [-0.39, 0.29) is 17.5 Å². The minimum Gasteiger partial charge on any atom is -0.455 e. The molecule has 0 saturated heterocycles. The van der Waals surface area contributed by atoms with Crippen molar-refractivity contribution < 1.29 is 4.42 Å². The molecule has 4 heteroatoms. The lowest BCUT2D eigenvalue weighted by Crippen LogP contribution is -2.61. The molecule has 3 nitrogen and oxygen atoms in total. The lowest BCUT2D eigenvalue weighted by Gasteiger charge is -2.45. The summed E-state index contributed by atoms with van der Waals surface area (Å²) in [5.41, 5.74) is 26.2. The summed E-state index contributed by atoms with van der Waals surface area (Å²) in [5.74, 6) is 0. The number of para-hydroxylation sites is 2. The molecule has 0 bridgehead atoms. The minimum atomic E-state index is -0.116. The molecule has 374 valence electrons. The fraction of sp³-hybridized carbons (Fsp3) is 0.108. The van der Waals surface area contributed by atoms with E-state index in [9.17, 15) is 0 Å². The Morgan fingerprint density at radius 2 is 0.718 bits per heavy atom. The van der Waals surface area contributed by atoms with Gasteiger partial charge < -0.3 is 14.2 Å². The highest BCUT2D eigenvalue weighted by Gasteiger charge is 2.45. The molecule has 0 saturated carbocycles. The number of nitrogens with zero attached hydrogens (tertiary/aromatic N) is 2. The molecule has 2 aliphatic heterocycles. The van der Waals surface area contributed by atoms with Crippen LogP contribution in [0.3, 0.4) is 0 Å². The summed E-state index contributed by atoms with van der Waals surface area (Å²) in [4.78, 5) is 5.20. The highest BCUT2D eigenvalue weighted by molar-refractivity contribution is 7.00. The molecule has 0 atom stereocenters. The second-order valence-corrected chi connectivity index (χ2v) is 23.4. The van der Waals surface area contributed by atoms with Crippen LogP contribution >= 0.6 is 0 Å². The molecule has 0 radical (unpaired) electrons. The number of rotatable bonds is 7. The number of furan rings is 1. The Labute approximate surface area is 458 Å². The van der Waals surface area contributed by atoms with Gasteiger partial charge in [-0.3, -0.25) is 0 Å². The molecule has 0 spiro atoms. The zero-order valence-electron chi connectivity index (χ0n) is 45.1. The summed E-state index contributed by atoms with van der Waals surface area (Å²) >= 11 is 0. The van der Waals surface area contributed by atoms with Crippen LogP contribution in [0.25, 0.3) is 77.6 Å². The number of hydrogen-bond donors (Lipinski definition) is 0. The lowest BCUT2D eigenvalue weighted by molar-refractivity contribution is 0.590. The third kappa shape index (κ3) is 8.05. The van der Waals surface area contributed by atoms with Crippen molar-refractivity contribution in [2.45, 2.75) is 52.4 Å². The molecule has 12 aromatic rings. The van der Waals surface area contributed by atoms with Crippen molar-refractivity contribution >= 4 is 79.2 Å². The fourth-order valence-electron chi connectivity index (χ4n) is 12.3. The van der Waals surface area contributed by atoms with Gasteiger partial charge in [-0.2, -0.15) is 0 Å². The van der Waals surface area contributed by atoms with Crippen molar-refractivity contribution in [2.75, 3.05) is 9.80 Å². The zero-order valence-corrected chi connectivity index (χ0v) is 45.1. The fourth-order valence-corrected chi connectivity index (χ4v) is 12.3. The maximum Gasteiger partial charge on any atom is 0.252 e. The second kappa shape index (κ2) is 18.3. The summed E-state index contributed by atoms with van der Waals surface area (Å²) < 4.78 is 6.96. The van der Waals surface area contributed by atoms with E-state index in [4.69, 9.17) is 4.42 Å². The van der Waals surface area contributed by atoms with Crippen molar-refractivity contribution in [1.82, 2.24) is 0 Å². The van der Waals surface area contributed by atoms with Crippen LogP contribution in [-0.2, 0) is 10.8 Å². The van der Waals surface area contributed by atoms with Gasteiger partial charge in [0.2, 0.25) is 0 Å². The molecule has 11 aromatic carbocycles. The van der Waals surface area contributed by atoms with Gasteiger partial charge in [0.05, 0.1) is 0 Å². The van der Waals surface area contributed by atoms with Crippen LogP contribution in [0, 0.1) is 0 Å². The molecule has 2 aliphatic rings. The Bertz CT molecular complexity index is 3950. The lowest BCUT2D eigenvalue weighted by atomic mass is 9.33. The first-order valence-electron chi connectivity index (χ1n) is 27.4. The first-order chi connectivity index (χ1) is 37.9. The third-order valence-corrected chi connectivity index (χ3v) is 16.3. The van der Waals surface area contributed by atoms with Gasteiger partial charge in [-0.15, -0.1) is 0 Å². The predicted octanol–water partition coefficient (Wildman–Crippen LogP) is 18.6. The van der Waals surface area contributed by atoms with Gasteiger partial charge >= 0.3 is 0 Å². The van der Waals surface area contributed by atoms with Gasteiger partial charge in [-0.05, 0) is 155 Å². The zero-order chi connectivity index (χ0) is 52.9. The summed E-state index contributed by atoms with van der Waals surface area (Å²) in [6.45, 7) is 13.9. The topological polar surface area (TPSA) is 19.6 Å². The van der Waals surface area contributed by atoms with Crippen LogP contribution in [-0.4, -0.2) is 6.71 Å². The molecule has 1 aromatic heterocycles. The smallest absolute Gasteiger partial charge is 0.252 e. The summed E-state index contributed by atoms with van der Waals surface area (Å²) in [6.07, 6.45) is 0. The molecule has 0 amide bonds. The molecule has 0 aliphatic carbocycles. The van der Waals surface area contributed by atoms with Gasteiger partial charge in [0, 0.05) is 50.5 Å². The monoisotopic (exact) mass is 1000 g/mol.